The second kappa shape index (κ2) is 6.39. The van der Waals surface area contributed by atoms with E-state index in [2.05, 4.69) is 0 Å². The summed E-state index contributed by atoms with van der Waals surface area (Å²) in [6.07, 6.45) is 0.580. The second-order valence-corrected chi connectivity index (χ2v) is 6.14. The zero-order chi connectivity index (χ0) is 13.6. The molecule has 0 aliphatic rings. The lowest BCUT2D eigenvalue weighted by Gasteiger charge is -2.07. The average molecular weight is 272 g/mol. The standard InChI is InChI=1S/C12H16O5S/c1-2-7-18(15,16)8-6-17-11-5-3-4-10(9-11)12(13)14/h3-5,9H,2,6-8H2,1H3,(H,13,14). The van der Waals surface area contributed by atoms with Crippen LogP contribution in [0, 0.1) is 0 Å². The maximum absolute atomic E-state index is 11.4. The Bertz CT molecular complexity index is 507. The van der Waals surface area contributed by atoms with E-state index >= 15 is 0 Å². The number of hydrogen-bond acceptors (Lipinski definition) is 4. The lowest BCUT2D eigenvalue weighted by Crippen LogP contribution is -2.16. The van der Waals surface area contributed by atoms with Gasteiger partial charge in [0.1, 0.15) is 12.4 Å². The average Bonchev–Trinajstić information content (AvgIpc) is 2.29. The van der Waals surface area contributed by atoms with Crippen molar-refractivity contribution in [2.75, 3.05) is 18.1 Å². The summed E-state index contributed by atoms with van der Waals surface area (Å²) in [7, 11) is -3.07. The van der Waals surface area contributed by atoms with Crippen LogP contribution in [0.25, 0.3) is 0 Å². The summed E-state index contributed by atoms with van der Waals surface area (Å²) in [6.45, 7) is 1.83. The zero-order valence-corrected chi connectivity index (χ0v) is 10.9. The quantitative estimate of drug-likeness (QED) is 0.815. The SMILES string of the molecule is CCCS(=O)(=O)CCOc1cccc(C(=O)O)c1. The van der Waals surface area contributed by atoms with Crippen LogP contribution in [-0.4, -0.2) is 37.6 Å². The van der Waals surface area contributed by atoms with Gasteiger partial charge in [0, 0.05) is 0 Å². The summed E-state index contributed by atoms with van der Waals surface area (Å²) in [5, 5.41) is 8.78. The van der Waals surface area contributed by atoms with E-state index in [1.165, 1.54) is 12.1 Å². The minimum Gasteiger partial charge on any atom is -0.493 e. The van der Waals surface area contributed by atoms with E-state index < -0.39 is 15.8 Å². The predicted molar refractivity (Wildman–Crippen MR) is 67.8 cm³/mol. The molecule has 18 heavy (non-hydrogen) atoms. The van der Waals surface area contributed by atoms with Crippen LogP contribution in [0.5, 0.6) is 5.75 Å². The van der Waals surface area contributed by atoms with Crippen LogP contribution >= 0.6 is 0 Å². The van der Waals surface area contributed by atoms with Gasteiger partial charge < -0.3 is 9.84 Å². The van der Waals surface area contributed by atoms with E-state index in [0.29, 0.717) is 12.2 Å². The number of sulfone groups is 1. The summed E-state index contributed by atoms with van der Waals surface area (Å²) < 4.78 is 28.1. The fourth-order valence-corrected chi connectivity index (χ4v) is 2.58. The highest BCUT2D eigenvalue weighted by molar-refractivity contribution is 7.91. The van der Waals surface area contributed by atoms with Gasteiger partial charge in [-0.1, -0.05) is 13.0 Å². The fraction of sp³-hybridized carbons (Fsp3) is 0.417. The molecule has 0 radical (unpaired) electrons. The van der Waals surface area contributed by atoms with Gasteiger partial charge >= 0.3 is 5.97 Å². The van der Waals surface area contributed by atoms with E-state index in [1.807, 2.05) is 0 Å². The maximum atomic E-state index is 11.4. The number of aromatic carboxylic acids is 1. The molecule has 0 bridgehead atoms. The van der Waals surface area contributed by atoms with Gasteiger partial charge in [-0.05, 0) is 24.6 Å². The molecule has 1 aromatic rings. The molecule has 0 atom stereocenters. The van der Waals surface area contributed by atoms with Gasteiger partial charge in [-0.3, -0.25) is 0 Å². The summed E-state index contributed by atoms with van der Waals surface area (Å²) >= 11 is 0. The van der Waals surface area contributed by atoms with Crippen molar-refractivity contribution in [2.45, 2.75) is 13.3 Å². The largest absolute Gasteiger partial charge is 0.493 e. The van der Waals surface area contributed by atoms with Gasteiger partial charge in [-0.2, -0.15) is 0 Å². The summed E-state index contributed by atoms with van der Waals surface area (Å²) in [6, 6.07) is 5.97. The molecule has 1 N–H and O–H groups in total. The second-order valence-electron chi connectivity index (χ2n) is 3.83. The first-order valence-corrected chi connectivity index (χ1v) is 7.43. The summed E-state index contributed by atoms with van der Waals surface area (Å²) in [5.74, 6) is -0.593. The molecule has 0 aliphatic carbocycles. The predicted octanol–water partition coefficient (Wildman–Crippen LogP) is 1.59. The third-order valence-electron chi connectivity index (χ3n) is 2.26. The number of ether oxygens (including phenoxy) is 1. The number of hydrogen-bond donors (Lipinski definition) is 1. The monoisotopic (exact) mass is 272 g/mol. The molecule has 0 saturated heterocycles. The molecular weight excluding hydrogens is 256 g/mol. The Morgan fingerprint density at radius 2 is 2.06 bits per heavy atom. The molecular formula is C12H16O5S. The molecule has 0 aliphatic heterocycles. The number of carbonyl (C=O) groups is 1. The molecule has 0 saturated carbocycles. The third kappa shape index (κ3) is 4.75. The molecule has 0 spiro atoms. The minimum atomic E-state index is -3.07. The molecule has 0 aromatic heterocycles. The zero-order valence-electron chi connectivity index (χ0n) is 10.1. The molecule has 0 amide bonds. The van der Waals surface area contributed by atoms with Crippen molar-refractivity contribution in [3.05, 3.63) is 29.8 Å². The topological polar surface area (TPSA) is 80.7 Å². The fourth-order valence-electron chi connectivity index (χ4n) is 1.42. The molecule has 100 valence electrons. The van der Waals surface area contributed by atoms with E-state index in [1.54, 1.807) is 19.1 Å². The van der Waals surface area contributed by atoms with E-state index in [9.17, 15) is 13.2 Å². The summed E-state index contributed by atoms with van der Waals surface area (Å²) in [4.78, 5) is 10.7. The number of benzene rings is 1. The van der Waals surface area contributed by atoms with Gasteiger partial charge in [-0.25, -0.2) is 13.2 Å². The lowest BCUT2D eigenvalue weighted by atomic mass is 10.2. The van der Waals surface area contributed by atoms with Gasteiger partial charge in [0.05, 0.1) is 17.1 Å². The first-order chi connectivity index (χ1) is 8.44. The van der Waals surface area contributed by atoms with E-state index in [0.717, 1.165) is 0 Å². The number of rotatable bonds is 7. The Morgan fingerprint density at radius 1 is 1.33 bits per heavy atom. The van der Waals surface area contributed by atoms with Gasteiger partial charge in [0.25, 0.3) is 0 Å². The van der Waals surface area contributed by atoms with Crippen LogP contribution in [0.3, 0.4) is 0 Å². The lowest BCUT2D eigenvalue weighted by molar-refractivity contribution is 0.0696. The molecule has 0 heterocycles. The normalized spacial score (nSPS) is 11.2. The smallest absolute Gasteiger partial charge is 0.335 e. The van der Waals surface area contributed by atoms with Crippen LogP contribution in [0.15, 0.2) is 24.3 Å². The van der Waals surface area contributed by atoms with Crippen molar-refractivity contribution in [1.82, 2.24) is 0 Å². The highest BCUT2D eigenvalue weighted by Gasteiger charge is 2.10. The van der Waals surface area contributed by atoms with Gasteiger partial charge in [0.15, 0.2) is 9.84 Å². The van der Waals surface area contributed by atoms with Crippen molar-refractivity contribution < 1.29 is 23.1 Å². The van der Waals surface area contributed by atoms with Crippen LogP contribution in [0.1, 0.15) is 23.7 Å². The van der Waals surface area contributed by atoms with Crippen molar-refractivity contribution in [2.24, 2.45) is 0 Å². The highest BCUT2D eigenvalue weighted by atomic mass is 32.2. The van der Waals surface area contributed by atoms with Crippen LogP contribution in [0.2, 0.25) is 0 Å². The Kier molecular flexibility index (Phi) is 5.15. The molecule has 0 unspecified atom stereocenters. The maximum Gasteiger partial charge on any atom is 0.335 e. The van der Waals surface area contributed by atoms with Crippen molar-refractivity contribution in [3.63, 3.8) is 0 Å². The van der Waals surface area contributed by atoms with E-state index in [-0.39, 0.29) is 23.7 Å². The summed E-state index contributed by atoms with van der Waals surface area (Å²) in [5.41, 5.74) is 0.115. The van der Waals surface area contributed by atoms with Gasteiger partial charge in [0.2, 0.25) is 0 Å². The Balaban J connectivity index is 2.54. The van der Waals surface area contributed by atoms with Crippen molar-refractivity contribution >= 4 is 15.8 Å². The van der Waals surface area contributed by atoms with Crippen LogP contribution in [0.4, 0.5) is 0 Å². The Hall–Kier alpha value is -1.56. The molecule has 6 heteroatoms. The van der Waals surface area contributed by atoms with Crippen LogP contribution in [-0.2, 0) is 9.84 Å². The Morgan fingerprint density at radius 3 is 2.67 bits per heavy atom. The Labute approximate surface area is 106 Å². The molecule has 1 rings (SSSR count). The number of carboxylic acids is 1. The molecule has 1 aromatic carbocycles. The first-order valence-electron chi connectivity index (χ1n) is 5.61. The molecule has 5 nitrogen and oxygen atoms in total. The van der Waals surface area contributed by atoms with Crippen molar-refractivity contribution in [3.8, 4) is 5.75 Å². The van der Waals surface area contributed by atoms with Crippen LogP contribution < -0.4 is 4.74 Å². The van der Waals surface area contributed by atoms with Crippen molar-refractivity contribution in [1.29, 1.82) is 0 Å². The molecule has 0 fully saturated rings. The minimum absolute atomic E-state index is 0.0331. The van der Waals surface area contributed by atoms with E-state index in [4.69, 9.17) is 9.84 Å². The first kappa shape index (κ1) is 14.5. The number of carboxylic acid groups (broad SMARTS) is 1. The van der Waals surface area contributed by atoms with Gasteiger partial charge in [-0.15, -0.1) is 0 Å². The highest BCUT2D eigenvalue weighted by Crippen LogP contribution is 2.13. The third-order valence-corrected chi connectivity index (χ3v) is 4.08.